The summed E-state index contributed by atoms with van der Waals surface area (Å²) in [4.78, 5) is 27.0. The summed E-state index contributed by atoms with van der Waals surface area (Å²) in [6.07, 6.45) is -4.90. The number of likely N-dealkylation sites (tertiary alicyclic amines) is 1. The number of benzene rings is 1. The summed E-state index contributed by atoms with van der Waals surface area (Å²) >= 11 is 5.68. The topological polar surface area (TPSA) is 60.9 Å². The molecule has 1 fully saturated rings. The lowest BCUT2D eigenvalue weighted by molar-refractivity contribution is -0.251. The molecule has 156 valence electrons. The first-order valence-electron chi connectivity index (χ1n) is 8.58. The lowest BCUT2D eigenvalue weighted by Crippen LogP contribution is -2.60. The average molecular weight is 425 g/mol. The number of halogens is 5. The molecule has 1 aromatic rings. The SMILES string of the molecule is CC1CN(C(=O)C(C)(O)C(F)(F)F)CCC1N(C)C(=O)c1ccc(Cl)cc1F. The van der Waals surface area contributed by atoms with E-state index in [1.807, 2.05) is 0 Å². The second-order valence-corrected chi connectivity index (χ2v) is 7.63. The van der Waals surface area contributed by atoms with Gasteiger partial charge in [0.25, 0.3) is 11.8 Å². The Morgan fingerprint density at radius 3 is 2.43 bits per heavy atom. The van der Waals surface area contributed by atoms with Gasteiger partial charge < -0.3 is 14.9 Å². The fourth-order valence-electron chi connectivity index (χ4n) is 3.33. The van der Waals surface area contributed by atoms with Gasteiger partial charge in [-0.1, -0.05) is 18.5 Å². The average Bonchev–Trinajstić information content (AvgIpc) is 2.58. The van der Waals surface area contributed by atoms with E-state index >= 15 is 0 Å². The molecule has 28 heavy (non-hydrogen) atoms. The maximum absolute atomic E-state index is 14.0. The minimum Gasteiger partial charge on any atom is -0.373 e. The summed E-state index contributed by atoms with van der Waals surface area (Å²) in [5.74, 6) is -3.17. The van der Waals surface area contributed by atoms with Crippen molar-refractivity contribution in [1.29, 1.82) is 0 Å². The number of hydrogen-bond donors (Lipinski definition) is 1. The van der Waals surface area contributed by atoms with E-state index < -0.39 is 35.5 Å². The molecule has 2 rings (SSSR count). The van der Waals surface area contributed by atoms with E-state index in [0.29, 0.717) is 6.92 Å². The number of aliphatic hydroxyl groups is 1. The monoisotopic (exact) mass is 424 g/mol. The molecule has 1 N–H and O–H groups in total. The van der Waals surface area contributed by atoms with Crippen molar-refractivity contribution in [3.63, 3.8) is 0 Å². The van der Waals surface area contributed by atoms with Crippen LogP contribution in [0.2, 0.25) is 5.02 Å². The van der Waals surface area contributed by atoms with Gasteiger partial charge in [-0.25, -0.2) is 4.39 Å². The summed E-state index contributed by atoms with van der Waals surface area (Å²) in [5, 5.41) is 9.74. The summed E-state index contributed by atoms with van der Waals surface area (Å²) in [6.45, 7) is 1.96. The molecule has 1 saturated heterocycles. The number of carbonyl (C=O) groups excluding carboxylic acids is 2. The third-order valence-electron chi connectivity index (χ3n) is 5.09. The minimum atomic E-state index is -5.09. The molecule has 1 heterocycles. The summed E-state index contributed by atoms with van der Waals surface area (Å²) < 4.78 is 52.7. The highest BCUT2D eigenvalue weighted by Gasteiger charge is 2.57. The molecule has 1 aliphatic rings. The molecule has 3 atom stereocenters. The van der Waals surface area contributed by atoms with E-state index in [-0.39, 0.29) is 36.0 Å². The highest BCUT2D eigenvalue weighted by Crippen LogP contribution is 2.33. The van der Waals surface area contributed by atoms with Crippen LogP contribution in [0, 0.1) is 11.7 Å². The van der Waals surface area contributed by atoms with Gasteiger partial charge in [-0.3, -0.25) is 9.59 Å². The Morgan fingerprint density at radius 1 is 1.32 bits per heavy atom. The molecular weight excluding hydrogens is 404 g/mol. The normalized spacial score (nSPS) is 22.5. The first-order valence-corrected chi connectivity index (χ1v) is 8.96. The predicted molar refractivity (Wildman–Crippen MR) is 94.3 cm³/mol. The zero-order chi connectivity index (χ0) is 21.4. The van der Waals surface area contributed by atoms with E-state index in [1.54, 1.807) is 6.92 Å². The van der Waals surface area contributed by atoms with E-state index in [1.165, 1.54) is 24.1 Å². The second-order valence-electron chi connectivity index (χ2n) is 7.19. The Kier molecular flexibility index (Phi) is 6.30. The summed E-state index contributed by atoms with van der Waals surface area (Å²) in [5.41, 5.74) is -3.65. The lowest BCUT2D eigenvalue weighted by Gasteiger charge is -2.43. The smallest absolute Gasteiger partial charge is 0.373 e. The molecular formula is C18H21ClF4N2O3. The molecule has 0 aromatic heterocycles. The Labute approximate surface area is 164 Å². The van der Waals surface area contributed by atoms with E-state index in [0.717, 1.165) is 11.0 Å². The van der Waals surface area contributed by atoms with Gasteiger partial charge >= 0.3 is 6.18 Å². The first-order chi connectivity index (χ1) is 12.8. The van der Waals surface area contributed by atoms with Gasteiger partial charge in [0.2, 0.25) is 5.60 Å². The van der Waals surface area contributed by atoms with Crippen LogP contribution in [0.15, 0.2) is 18.2 Å². The van der Waals surface area contributed by atoms with Gasteiger partial charge in [-0.05, 0) is 37.5 Å². The number of alkyl halides is 3. The Hall–Kier alpha value is -1.87. The van der Waals surface area contributed by atoms with Crippen molar-refractivity contribution in [2.24, 2.45) is 5.92 Å². The molecule has 0 radical (unpaired) electrons. The Balaban J connectivity index is 2.11. The molecule has 10 heteroatoms. The number of amides is 2. The van der Waals surface area contributed by atoms with Crippen LogP contribution in [-0.2, 0) is 4.79 Å². The zero-order valence-electron chi connectivity index (χ0n) is 15.6. The summed E-state index contributed by atoms with van der Waals surface area (Å²) in [7, 11) is 1.47. The lowest BCUT2D eigenvalue weighted by atomic mass is 9.90. The van der Waals surface area contributed by atoms with Crippen molar-refractivity contribution < 1.29 is 32.3 Å². The number of piperidine rings is 1. The Bertz CT molecular complexity index is 770. The van der Waals surface area contributed by atoms with E-state index in [9.17, 15) is 32.3 Å². The standard InChI is InChI=1S/C18H21ClF4N2O3/c1-10-9-25(16(27)17(2,28)18(21,22)23)7-6-14(10)24(3)15(26)12-5-4-11(19)8-13(12)20/h4-5,8,10,14,28H,6-7,9H2,1-3H3. The van der Waals surface area contributed by atoms with Crippen LogP contribution in [-0.4, -0.2) is 64.7 Å². The van der Waals surface area contributed by atoms with Crippen molar-refractivity contribution in [3.05, 3.63) is 34.6 Å². The fraction of sp³-hybridized carbons (Fsp3) is 0.556. The third kappa shape index (κ3) is 4.25. The highest BCUT2D eigenvalue weighted by atomic mass is 35.5. The van der Waals surface area contributed by atoms with Crippen molar-refractivity contribution in [3.8, 4) is 0 Å². The number of hydrogen-bond acceptors (Lipinski definition) is 3. The molecule has 0 bridgehead atoms. The molecule has 1 aliphatic heterocycles. The van der Waals surface area contributed by atoms with Crippen LogP contribution >= 0.6 is 11.6 Å². The van der Waals surface area contributed by atoms with Crippen LogP contribution < -0.4 is 0 Å². The maximum atomic E-state index is 14.0. The second kappa shape index (κ2) is 7.87. The van der Waals surface area contributed by atoms with Crippen molar-refractivity contribution in [2.45, 2.75) is 38.1 Å². The fourth-order valence-corrected chi connectivity index (χ4v) is 3.48. The minimum absolute atomic E-state index is 0.0687. The molecule has 0 spiro atoms. The highest BCUT2D eigenvalue weighted by molar-refractivity contribution is 6.30. The number of carbonyl (C=O) groups is 2. The molecule has 1 aromatic carbocycles. The largest absolute Gasteiger partial charge is 0.426 e. The predicted octanol–water partition coefficient (Wildman–Crippen LogP) is 3.10. The van der Waals surface area contributed by atoms with E-state index in [2.05, 4.69) is 0 Å². The molecule has 0 saturated carbocycles. The zero-order valence-corrected chi connectivity index (χ0v) is 16.3. The van der Waals surface area contributed by atoms with Gasteiger partial charge in [0.15, 0.2) is 0 Å². The van der Waals surface area contributed by atoms with Crippen LogP contribution in [0.5, 0.6) is 0 Å². The molecule has 5 nitrogen and oxygen atoms in total. The van der Waals surface area contributed by atoms with Crippen LogP contribution in [0.3, 0.4) is 0 Å². The van der Waals surface area contributed by atoms with Gasteiger partial charge in [-0.2, -0.15) is 13.2 Å². The number of nitrogens with zero attached hydrogens (tertiary/aromatic N) is 2. The molecule has 2 amide bonds. The molecule has 0 aliphatic carbocycles. The van der Waals surface area contributed by atoms with Gasteiger partial charge in [-0.15, -0.1) is 0 Å². The van der Waals surface area contributed by atoms with Crippen LogP contribution in [0.1, 0.15) is 30.6 Å². The van der Waals surface area contributed by atoms with Crippen molar-refractivity contribution >= 4 is 23.4 Å². The van der Waals surface area contributed by atoms with Crippen molar-refractivity contribution in [1.82, 2.24) is 9.80 Å². The summed E-state index contributed by atoms with van der Waals surface area (Å²) in [6, 6.07) is 3.25. The Morgan fingerprint density at radius 2 is 1.93 bits per heavy atom. The van der Waals surface area contributed by atoms with Gasteiger partial charge in [0.05, 0.1) is 5.56 Å². The van der Waals surface area contributed by atoms with Crippen LogP contribution in [0.25, 0.3) is 0 Å². The quantitative estimate of drug-likeness (QED) is 0.758. The molecule has 3 unspecified atom stereocenters. The van der Waals surface area contributed by atoms with Gasteiger partial charge in [0.1, 0.15) is 5.82 Å². The first kappa shape index (κ1) is 22.4. The third-order valence-corrected chi connectivity index (χ3v) is 5.33. The maximum Gasteiger partial charge on any atom is 0.426 e. The van der Waals surface area contributed by atoms with Gasteiger partial charge in [0, 0.05) is 31.2 Å². The van der Waals surface area contributed by atoms with Crippen LogP contribution in [0.4, 0.5) is 17.6 Å². The van der Waals surface area contributed by atoms with Crippen molar-refractivity contribution in [2.75, 3.05) is 20.1 Å². The number of rotatable bonds is 3. The van der Waals surface area contributed by atoms with E-state index in [4.69, 9.17) is 11.6 Å².